The van der Waals surface area contributed by atoms with Gasteiger partial charge in [-0.2, -0.15) is 0 Å². The lowest BCUT2D eigenvalue weighted by molar-refractivity contribution is -0.125. The van der Waals surface area contributed by atoms with Gasteiger partial charge in [-0.1, -0.05) is 78.9 Å². The van der Waals surface area contributed by atoms with Crippen molar-refractivity contribution in [2.75, 3.05) is 7.05 Å². The van der Waals surface area contributed by atoms with E-state index < -0.39 is 5.91 Å². The van der Waals surface area contributed by atoms with Gasteiger partial charge in [-0.05, 0) is 55.0 Å². The first-order chi connectivity index (χ1) is 14.5. The van der Waals surface area contributed by atoms with Crippen LogP contribution in [0.4, 0.5) is 0 Å². The van der Waals surface area contributed by atoms with Crippen LogP contribution >= 0.6 is 0 Å². The molecule has 0 unspecified atom stereocenters. The summed E-state index contributed by atoms with van der Waals surface area (Å²) in [5.74, 6) is -0.575. The molecular weight excluding hydrogens is 372 g/mol. The number of carbonyl (C=O) groups excluding carboxylic acids is 1. The molecule has 4 nitrogen and oxygen atoms in total. The standard InChI is InChI=1S/C26H30N2O2/c1-6-8-9-20(7-2)24(26(29)28-30)25(27-5)19(4)21-14-16-23(17-15-21)22-12-10-18(3)11-13-22/h6-8,10-17,27,30H,2,9H2,1,3-5H3,(H,28,29)/b8-6-,24-20+,25-19-. The van der Waals surface area contributed by atoms with Gasteiger partial charge in [0.05, 0.1) is 11.3 Å². The van der Waals surface area contributed by atoms with Gasteiger partial charge in [-0.3, -0.25) is 10.0 Å². The number of aryl methyl sites for hydroxylation is 1. The largest absolute Gasteiger partial charge is 0.387 e. The minimum absolute atomic E-state index is 0.369. The molecule has 0 atom stereocenters. The van der Waals surface area contributed by atoms with Crippen LogP contribution in [0.3, 0.4) is 0 Å². The second-order valence-corrected chi connectivity index (χ2v) is 7.01. The summed E-state index contributed by atoms with van der Waals surface area (Å²) in [6.07, 6.45) is 6.04. The van der Waals surface area contributed by atoms with Gasteiger partial charge in [0.25, 0.3) is 5.91 Å². The Morgan fingerprint density at radius 2 is 1.63 bits per heavy atom. The van der Waals surface area contributed by atoms with Crippen LogP contribution < -0.4 is 10.8 Å². The minimum atomic E-state index is -0.575. The second kappa shape index (κ2) is 11.0. The maximum atomic E-state index is 12.5. The van der Waals surface area contributed by atoms with Crippen molar-refractivity contribution in [2.24, 2.45) is 0 Å². The zero-order valence-corrected chi connectivity index (χ0v) is 18.1. The van der Waals surface area contributed by atoms with Crippen molar-refractivity contribution < 1.29 is 10.0 Å². The second-order valence-electron chi connectivity index (χ2n) is 7.01. The summed E-state index contributed by atoms with van der Waals surface area (Å²) in [7, 11) is 1.76. The van der Waals surface area contributed by atoms with Crippen LogP contribution in [0.1, 0.15) is 31.4 Å². The molecule has 0 aromatic heterocycles. The van der Waals surface area contributed by atoms with E-state index in [1.807, 2.05) is 38.1 Å². The molecule has 2 aromatic carbocycles. The number of nitrogens with one attached hydrogen (secondary N) is 2. The smallest absolute Gasteiger partial charge is 0.277 e. The lowest BCUT2D eigenvalue weighted by atomic mass is 9.94. The van der Waals surface area contributed by atoms with Gasteiger partial charge >= 0.3 is 0 Å². The first-order valence-electron chi connectivity index (χ1n) is 9.94. The van der Waals surface area contributed by atoms with Crippen molar-refractivity contribution in [1.29, 1.82) is 0 Å². The molecule has 156 valence electrons. The maximum Gasteiger partial charge on any atom is 0.277 e. The summed E-state index contributed by atoms with van der Waals surface area (Å²) in [6, 6.07) is 16.6. The fourth-order valence-corrected chi connectivity index (χ4v) is 3.31. The predicted molar refractivity (Wildman–Crippen MR) is 125 cm³/mol. The van der Waals surface area contributed by atoms with Gasteiger partial charge in [-0.15, -0.1) is 0 Å². The number of hydroxylamine groups is 1. The van der Waals surface area contributed by atoms with E-state index in [4.69, 9.17) is 0 Å². The van der Waals surface area contributed by atoms with Crippen LogP contribution in [-0.2, 0) is 4.79 Å². The minimum Gasteiger partial charge on any atom is -0.387 e. The summed E-state index contributed by atoms with van der Waals surface area (Å²) in [4.78, 5) is 12.5. The number of hydrogen-bond acceptors (Lipinski definition) is 3. The zero-order chi connectivity index (χ0) is 22.1. The van der Waals surface area contributed by atoms with Gasteiger partial charge in [0.1, 0.15) is 0 Å². The first kappa shape index (κ1) is 22.9. The average Bonchev–Trinajstić information content (AvgIpc) is 2.78. The molecule has 4 heteroatoms. The highest BCUT2D eigenvalue weighted by Gasteiger charge is 2.20. The van der Waals surface area contributed by atoms with Gasteiger partial charge < -0.3 is 5.32 Å². The molecule has 30 heavy (non-hydrogen) atoms. The van der Waals surface area contributed by atoms with E-state index in [9.17, 15) is 10.0 Å². The normalized spacial score (nSPS) is 12.8. The van der Waals surface area contributed by atoms with Gasteiger partial charge in [0, 0.05) is 7.05 Å². The summed E-state index contributed by atoms with van der Waals surface area (Å²) in [6.45, 7) is 9.79. The topological polar surface area (TPSA) is 61.4 Å². The SMILES string of the molecule is C=C/C(C/C=C\C)=C(C(=O)NO)/C(NC)=C(\C)c1ccc(-c2ccc(C)cc2)cc1. The summed E-state index contributed by atoms with van der Waals surface area (Å²) in [5.41, 5.74) is 8.89. The fourth-order valence-electron chi connectivity index (χ4n) is 3.31. The number of benzene rings is 2. The van der Waals surface area contributed by atoms with E-state index in [0.29, 0.717) is 17.7 Å². The van der Waals surface area contributed by atoms with Crippen molar-refractivity contribution in [1.82, 2.24) is 10.8 Å². The van der Waals surface area contributed by atoms with E-state index >= 15 is 0 Å². The average molecular weight is 403 g/mol. The molecule has 1 amide bonds. The Morgan fingerprint density at radius 3 is 2.10 bits per heavy atom. The van der Waals surface area contributed by atoms with E-state index in [0.717, 1.165) is 27.8 Å². The Bertz CT molecular complexity index is 979. The monoisotopic (exact) mass is 402 g/mol. The number of allylic oxidation sites excluding steroid dienone is 5. The van der Waals surface area contributed by atoms with Crippen LogP contribution in [-0.4, -0.2) is 18.2 Å². The molecule has 0 aliphatic carbocycles. The lowest BCUT2D eigenvalue weighted by Gasteiger charge is -2.18. The first-order valence-corrected chi connectivity index (χ1v) is 9.94. The number of rotatable bonds is 8. The fraction of sp³-hybridized carbons (Fsp3) is 0.192. The molecule has 2 rings (SSSR count). The van der Waals surface area contributed by atoms with Crippen LogP contribution in [0.2, 0.25) is 0 Å². The van der Waals surface area contributed by atoms with Crippen molar-refractivity contribution in [3.05, 3.63) is 101 Å². The van der Waals surface area contributed by atoms with E-state index in [-0.39, 0.29) is 0 Å². The summed E-state index contributed by atoms with van der Waals surface area (Å²) in [5, 5.41) is 12.5. The highest BCUT2D eigenvalue weighted by atomic mass is 16.5. The number of carbonyl (C=O) groups is 1. The van der Waals surface area contributed by atoms with Crippen LogP contribution in [0.25, 0.3) is 16.7 Å². The molecule has 3 N–H and O–H groups in total. The van der Waals surface area contributed by atoms with Gasteiger partial charge in [0.15, 0.2) is 0 Å². The molecule has 0 heterocycles. The Morgan fingerprint density at radius 1 is 1.07 bits per heavy atom. The Labute approximate surface area is 179 Å². The van der Waals surface area contributed by atoms with E-state index in [1.165, 1.54) is 5.56 Å². The highest BCUT2D eigenvalue weighted by Crippen LogP contribution is 2.28. The van der Waals surface area contributed by atoms with E-state index in [2.05, 4.69) is 55.2 Å². The third kappa shape index (κ3) is 5.37. The van der Waals surface area contributed by atoms with Gasteiger partial charge in [0.2, 0.25) is 0 Å². The highest BCUT2D eigenvalue weighted by molar-refractivity contribution is 6.00. The van der Waals surface area contributed by atoms with E-state index in [1.54, 1.807) is 18.6 Å². The predicted octanol–water partition coefficient (Wildman–Crippen LogP) is 5.57. The molecule has 0 spiro atoms. The van der Waals surface area contributed by atoms with Crippen molar-refractivity contribution in [3.8, 4) is 11.1 Å². The Hall–Kier alpha value is -3.37. The number of likely N-dealkylation sites (N-methyl/N-ethyl adjacent to an activating group) is 1. The third-order valence-electron chi connectivity index (χ3n) is 5.05. The van der Waals surface area contributed by atoms with Crippen LogP contribution in [0.5, 0.6) is 0 Å². The summed E-state index contributed by atoms with van der Waals surface area (Å²) >= 11 is 0. The summed E-state index contributed by atoms with van der Waals surface area (Å²) < 4.78 is 0. The molecular formula is C26H30N2O2. The van der Waals surface area contributed by atoms with Crippen molar-refractivity contribution in [2.45, 2.75) is 27.2 Å². The molecule has 0 aliphatic rings. The zero-order valence-electron chi connectivity index (χ0n) is 18.1. The van der Waals surface area contributed by atoms with Crippen molar-refractivity contribution >= 4 is 11.5 Å². The molecule has 2 aromatic rings. The van der Waals surface area contributed by atoms with Gasteiger partial charge in [-0.25, -0.2) is 5.48 Å². The third-order valence-corrected chi connectivity index (χ3v) is 5.05. The molecule has 0 radical (unpaired) electrons. The molecule has 0 bridgehead atoms. The quantitative estimate of drug-likeness (QED) is 0.178. The van der Waals surface area contributed by atoms with Crippen molar-refractivity contribution in [3.63, 3.8) is 0 Å². The van der Waals surface area contributed by atoms with Crippen LogP contribution in [0.15, 0.2) is 90.2 Å². The van der Waals surface area contributed by atoms with Crippen LogP contribution in [0, 0.1) is 6.92 Å². The maximum absolute atomic E-state index is 12.5. The lowest BCUT2D eigenvalue weighted by Crippen LogP contribution is -2.27. The molecule has 0 saturated carbocycles. The Kier molecular flexibility index (Phi) is 8.39. The number of hydrogen-bond donors (Lipinski definition) is 3. The number of amides is 1. The Balaban J connectivity index is 2.54. The molecule has 0 fully saturated rings. The molecule has 0 saturated heterocycles. The molecule has 0 aliphatic heterocycles.